The minimum absolute atomic E-state index is 0.105. The molecule has 8 nitrogen and oxygen atoms in total. The zero-order valence-corrected chi connectivity index (χ0v) is 16.5. The quantitative estimate of drug-likeness (QED) is 0.486. The molecule has 0 atom stereocenters. The van der Waals surface area contributed by atoms with Gasteiger partial charge in [0.15, 0.2) is 18.1 Å². The van der Waals surface area contributed by atoms with Crippen LogP contribution in [0.15, 0.2) is 59.0 Å². The Labute approximate surface area is 176 Å². The summed E-state index contributed by atoms with van der Waals surface area (Å²) in [6.07, 6.45) is 0. The van der Waals surface area contributed by atoms with Crippen LogP contribution in [0.3, 0.4) is 0 Å². The largest absolute Gasteiger partial charge is 0.495 e. The molecule has 1 aromatic heterocycles. The van der Waals surface area contributed by atoms with E-state index in [0.717, 1.165) is 16.4 Å². The number of rotatable bonds is 5. The van der Waals surface area contributed by atoms with E-state index in [1.54, 1.807) is 24.3 Å². The molecule has 1 aliphatic rings. The van der Waals surface area contributed by atoms with Crippen LogP contribution >= 0.6 is 0 Å². The Kier molecular flexibility index (Phi) is 4.59. The fraction of sp³-hybridized carbons (Fsp3) is 0.130. The molecule has 0 spiro atoms. The van der Waals surface area contributed by atoms with Crippen molar-refractivity contribution in [2.24, 2.45) is 0 Å². The molecule has 1 amide bonds. The van der Waals surface area contributed by atoms with E-state index in [0.29, 0.717) is 28.5 Å². The molecule has 2 heterocycles. The smallest absolute Gasteiger partial charge is 0.338 e. The average molecular weight is 419 g/mol. The molecule has 1 aliphatic heterocycles. The Morgan fingerprint density at radius 2 is 1.81 bits per heavy atom. The molecule has 0 bridgehead atoms. The summed E-state index contributed by atoms with van der Waals surface area (Å²) in [6.45, 7) is -0.359. The predicted molar refractivity (Wildman–Crippen MR) is 112 cm³/mol. The number of benzene rings is 3. The monoisotopic (exact) mass is 419 g/mol. The molecule has 0 unspecified atom stereocenters. The van der Waals surface area contributed by atoms with Gasteiger partial charge in [-0.2, -0.15) is 0 Å². The van der Waals surface area contributed by atoms with Crippen LogP contribution in [-0.4, -0.2) is 32.4 Å². The summed E-state index contributed by atoms with van der Waals surface area (Å²) in [5.74, 6) is 0.329. The highest BCUT2D eigenvalue weighted by Crippen LogP contribution is 2.36. The fourth-order valence-electron chi connectivity index (χ4n) is 3.44. The maximum absolute atomic E-state index is 12.4. The van der Waals surface area contributed by atoms with E-state index < -0.39 is 18.5 Å². The molecule has 0 aliphatic carbocycles. The first-order valence-electron chi connectivity index (χ1n) is 9.48. The predicted octanol–water partition coefficient (Wildman–Crippen LogP) is 4.12. The van der Waals surface area contributed by atoms with Crippen molar-refractivity contribution in [1.29, 1.82) is 0 Å². The van der Waals surface area contributed by atoms with Gasteiger partial charge >= 0.3 is 5.97 Å². The number of fused-ring (bicyclic) bond motifs is 4. The normalized spacial score (nSPS) is 12.2. The first kappa shape index (κ1) is 18.8. The Morgan fingerprint density at radius 3 is 2.68 bits per heavy atom. The maximum Gasteiger partial charge on any atom is 0.338 e. The third kappa shape index (κ3) is 3.48. The van der Waals surface area contributed by atoms with Gasteiger partial charge in [-0.1, -0.05) is 18.2 Å². The molecule has 156 valence electrons. The summed E-state index contributed by atoms with van der Waals surface area (Å²) in [6, 6.07) is 15.8. The van der Waals surface area contributed by atoms with E-state index in [-0.39, 0.29) is 12.4 Å². The van der Waals surface area contributed by atoms with Crippen molar-refractivity contribution < 1.29 is 33.0 Å². The third-order valence-corrected chi connectivity index (χ3v) is 4.92. The second-order valence-electron chi connectivity index (χ2n) is 6.84. The molecule has 0 saturated carbocycles. The first-order valence-corrected chi connectivity index (χ1v) is 9.48. The molecule has 5 rings (SSSR count). The molecule has 0 radical (unpaired) electrons. The van der Waals surface area contributed by atoms with Gasteiger partial charge in [0.05, 0.1) is 18.4 Å². The van der Waals surface area contributed by atoms with E-state index in [2.05, 4.69) is 5.32 Å². The van der Waals surface area contributed by atoms with Crippen LogP contribution in [0.25, 0.3) is 21.9 Å². The lowest BCUT2D eigenvalue weighted by molar-refractivity contribution is -0.119. The van der Waals surface area contributed by atoms with Crippen LogP contribution in [0.1, 0.15) is 10.4 Å². The summed E-state index contributed by atoms with van der Waals surface area (Å²) in [4.78, 5) is 24.7. The van der Waals surface area contributed by atoms with Crippen molar-refractivity contribution in [3.05, 3.63) is 60.2 Å². The van der Waals surface area contributed by atoms with Gasteiger partial charge in [-0.3, -0.25) is 4.79 Å². The molecule has 4 aromatic rings. The number of amides is 1. The summed E-state index contributed by atoms with van der Waals surface area (Å²) in [7, 11) is 1.51. The molecule has 31 heavy (non-hydrogen) atoms. The summed E-state index contributed by atoms with van der Waals surface area (Å²) in [5, 5.41) is 4.53. The van der Waals surface area contributed by atoms with Gasteiger partial charge in [-0.05, 0) is 30.3 Å². The summed E-state index contributed by atoms with van der Waals surface area (Å²) >= 11 is 0. The van der Waals surface area contributed by atoms with Gasteiger partial charge in [0.1, 0.15) is 16.9 Å². The number of anilines is 1. The number of para-hydroxylation sites is 1. The van der Waals surface area contributed by atoms with Gasteiger partial charge in [0.2, 0.25) is 6.79 Å². The third-order valence-electron chi connectivity index (χ3n) is 4.92. The van der Waals surface area contributed by atoms with Crippen LogP contribution in [0.4, 0.5) is 5.69 Å². The lowest BCUT2D eigenvalue weighted by atomic mass is 10.1. The highest BCUT2D eigenvalue weighted by atomic mass is 16.7. The van der Waals surface area contributed by atoms with Gasteiger partial charge in [-0.25, -0.2) is 4.79 Å². The zero-order valence-electron chi connectivity index (χ0n) is 16.5. The zero-order chi connectivity index (χ0) is 21.4. The standard InChI is InChI=1S/C23H17NO7/c1-27-20-9-15-14-4-2-3-5-17(14)31-19(15)10-16(20)24-22(25)11-28-23(26)13-6-7-18-21(8-13)30-12-29-18/h2-10H,11-12H2,1H3,(H,24,25). The SMILES string of the molecule is COc1cc2c(cc1NC(=O)COC(=O)c1ccc3c(c1)OCO3)oc1ccccc12. The molecule has 1 N–H and O–H groups in total. The van der Waals surface area contributed by atoms with E-state index in [1.807, 2.05) is 24.3 Å². The second kappa shape index (κ2) is 7.56. The topological polar surface area (TPSA) is 96.2 Å². The number of ether oxygens (including phenoxy) is 4. The Hall–Kier alpha value is -4.20. The summed E-state index contributed by atoms with van der Waals surface area (Å²) < 4.78 is 26.8. The fourth-order valence-corrected chi connectivity index (χ4v) is 3.44. The number of nitrogens with one attached hydrogen (secondary N) is 1. The molecular formula is C23H17NO7. The molecule has 8 heteroatoms. The maximum atomic E-state index is 12.4. The molecule has 3 aromatic carbocycles. The van der Waals surface area contributed by atoms with Crippen LogP contribution in [0.2, 0.25) is 0 Å². The van der Waals surface area contributed by atoms with Gasteiger partial charge in [0.25, 0.3) is 5.91 Å². The van der Waals surface area contributed by atoms with Gasteiger partial charge in [0, 0.05) is 16.8 Å². The summed E-state index contributed by atoms with van der Waals surface area (Å²) in [5.41, 5.74) is 2.02. The number of hydrogen-bond acceptors (Lipinski definition) is 7. The second-order valence-corrected chi connectivity index (χ2v) is 6.84. The number of methoxy groups -OCH3 is 1. The highest BCUT2D eigenvalue weighted by Gasteiger charge is 2.19. The highest BCUT2D eigenvalue weighted by molar-refractivity contribution is 6.08. The molecular weight excluding hydrogens is 402 g/mol. The lowest BCUT2D eigenvalue weighted by Gasteiger charge is -2.11. The van der Waals surface area contributed by atoms with E-state index in [9.17, 15) is 9.59 Å². The average Bonchev–Trinajstić information content (AvgIpc) is 3.40. The lowest BCUT2D eigenvalue weighted by Crippen LogP contribution is -2.21. The minimum Gasteiger partial charge on any atom is -0.495 e. The van der Waals surface area contributed by atoms with E-state index >= 15 is 0 Å². The van der Waals surface area contributed by atoms with Crippen molar-refractivity contribution >= 4 is 39.5 Å². The van der Waals surface area contributed by atoms with Crippen molar-refractivity contribution in [3.63, 3.8) is 0 Å². The van der Waals surface area contributed by atoms with Crippen molar-refractivity contribution in [3.8, 4) is 17.2 Å². The van der Waals surface area contributed by atoms with Crippen LogP contribution in [-0.2, 0) is 9.53 Å². The Morgan fingerprint density at radius 1 is 0.968 bits per heavy atom. The van der Waals surface area contributed by atoms with E-state index in [4.69, 9.17) is 23.4 Å². The number of carbonyl (C=O) groups excluding carboxylic acids is 2. The molecule has 0 fully saturated rings. The van der Waals surface area contributed by atoms with Crippen molar-refractivity contribution in [1.82, 2.24) is 0 Å². The number of carbonyl (C=O) groups is 2. The number of hydrogen-bond donors (Lipinski definition) is 1. The number of furan rings is 1. The molecule has 0 saturated heterocycles. The minimum atomic E-state index is -0.645. The van der Waals surface area contributed by atoms with Crippen LogP contribution < -0.4 is 19.5 Å². The van der Waals surface area contributed by atoms with Gasteiger partial charge < -0.3 is 28.7 Å². The van der Waals surface area contributed by atoms with Crippen molar-refractivity contribution in [2.75, 3.05) is 25.8 Å². The Balaban J connectivity index is 1.30. The van der Waals surface area contributed by atoms with Crippen molar-refractivity contribution in [2.45, 2.75) is 0 Å². The number of esters is 1. The van der Waals surface area contributed by atoms with Crippen LogP contribution in [0, 0.1) is 0 Å². The van der Waals surface area contributed by atoms with Crippen LogP contribution in [0.5, 0.6) is 17.2 Å². The van der Waals surface area contributed by atoms with E-state index in [1.165, 1.54) is 13.2 Å². The van der Waals surface area contributed by atoms with Gasteiger partial charge in [-0.15, -0.1) is 0 Å². The Bertz CT molecular complexity index is 1320. The first-order chi connectivity index (χ1) is 15.1.